The molecule has 1 fully saturated rings. The number of piperazine rings is 1. The summed E-state index contributed by atoms with van der Waals surface area (Å²) in [5, 5.41) is 2.88. The van der Waals surface area contributed by atoms with Crippen LogP contribution in [0.4, 0.5) is 5.69 Å². The molecule has 6 nitrogen and oxygen atoms in total. The Morgan fingerprint density at radius 2 is 1.83 bits per heavy atom. The Hall–Kier alpha value is -1.92. The Balaban J connectivity index is 1.70. The lowest BCUT2D eigenvalue weighted by Gasteiger charge is -2.34. The van der Waals surface area contributed by atoms with E-state index in [1.54, 1.807) is 0 Å². The smallest absolute Gasteiger partial charge is 0.238 e. The van der Waals surface area contributed by atoms with E-state index in [0.717, 1.165) is 25.2 Å². The molecule has 1 aliphatic heterocycles. The van der Waals surface area contributed by atoms with E-state index in [2.05, 4.69) is 10.2 Å². The van der Waals surface area contributed by atoms with Crippen molar-refractivity contribution in [2.24, 2.45) is 5.73 Å². The van der Waals surface area contributed by atoms with Crippen molar-refractivity contribution in [2.75, 3.05) is 38.0 Å². The molecule has 6 heteroatoms. The van der Waals surface area contributed by atoms with Gasteiger partial charge in [-0.3, -0.25) is 14.5 Å². The molecule has 0 saturated carbocycles. The third-order valence-corrected chi connectivity index (χ3v) is 3.96. The fourth-order valence-corrected chi connectivity index (χ4v) is 2.59. The van der Waals surface area contributed by atoms with Crippen molar-refractivity contribution < 1.29 is 9.59 Å². The monoisotopic (exact) mass is 318 g/mol. The molecule has 1 aliphatic rings. The molecule has 1 aromatic rings. The van der Waals surface area contributed by atoms with Crippen LogP contribution in [0.1, 0.15) is 19.8 Å². The van der Waals surface area contributed by atoms with Gasteiger partial charge in [-0.05, 0) is 25.5 Å². The standard InChI is InChI=1S/C17H26N4O2/c1-14(18)7-8-17(23)21-11-9-20(10-12-21)13-16(22)19-15-5-3-2-4-6-15/h2-6,14H,7-13,18H2,1H3,(H,19,22). The summed E-state index contributed by atoms with van der Waals surface area (Å²) < 4.78 is 0. The number of carbonyl (C=O) groups is 2. The van der Waals surface area contributed by atoms with Gasteiger partial charge < -0.3 is 16.0 Å². The average molecular weight is 318 g/mol. The maximum absolute atomic E-state index is 12.0. The minimum Gasteiger partial charge on any atom is -0.340 e. The minimum atomic E-state index is -0.0204. The SMILES string of the molecule is CC(N)CCC(=O)N1CCN(CC(=O)Nc2ccccc2)CC1. The number of amides is 2. The van der Waals surface area contributed by atoms with Crippen molar-refractivity contribution in [3.05, 3.63) is 30.3 Å². The second kappa shape index (κ2) is 8.64. The number of anilines is 1. The number of nitrogens with one attached hydrogen (secondary N) is 1. The van der Waals surface area contributed by atoms with Gasteiger partial charge in [0.15, 0.2) is 0 Å². The number of benzene rings is 1. The molecule has 1 saturated heterocycles. The zero-order chi connectivity index (χ0) is 16.7. The predicted octanol–water partition coefficient (Wildman–Crippen LogP) is 0.897. The van der Waals surface area contributed by atoms with Crippen LogP contribution in [0.3, 0.4) is 0 Å². The van der Waals surface area contributed by atoms with Crippen LogP contribution in [0.15, 0.2) is 30.3 Å². The highest BCUT2D eigenvalue weighted by Crippen LogP contribution is 2.08. The number of nitrogens with two attached hydrogens (primary N) is 1. The molecule has 126 valence electrons. The van der Waals surface area contributed by atoms with Crippen LogP contribution < -0.4 is 11.1 Å². The molecule has 0 radical (unpaired) electrons. The Morgan fingerprint density at radius 3 is 2.43 bits per heavy atom. The van der Waals surface area contributed by atoms with Crippen molar-refractivity contribution in [1.82, 2.24) is 9.80 Å². The number of nitrogens with zero attached hydrogens (tertiary/aromatic N) is 2. The summed E-state index contributed by atoms with van der Waals surface area (Å²) in [5.74, 6) is 0.142. The van der Waals surface area contributed by atoms with Crippen LogP contribution in [0.5, 0.6) is 0 Å². The molecule has 23 heavy (non-hydrogen) atoms. The Kier molecular flexibility index (Phi) is 6.55. The molecular formula is C17H26N4O2. The average Bonchev–Trinajstić information content (AvgIpc) is 2.54. The van der Waals surface area contributed by atoms with Crippen LogP contribution in [0.2, 0.25) is 0 Å². The molecule has 0 aromatic heterocycles. The second-order valence-corrected chi connectivity index (χ2v) is 6.09. The molecule has 0 aliphatic carbocycles. The lowest BCUT2D eigenvalue weighted by Crippen LogP contribution is -2.50. The van der Waals surface area contributed by atoms with E-state index >= 15 is 0 Å². The van der Waals surface area contributed by atoms with Crippen molar-refractivity contribution in [3.8, 4) is 0 Å². The minimum absolute atomic E-state index is 0.0204. The highest BCUT2D eigenvalue weighted by molar-refractivity contribution is 5.92. The third-order valence-electron chi connectivity index (χ3n) is 3.96. The van der Waals surface area contributed by atoms with Gasteiger partial charge in [-0.15, -0.1) is 0 Å². The maximum Gasteiger partial charge on any atom is 0.238 e. The van der Waals surface area contributed by atoms with Crippen LogP contribution in [-0.2, 0) is 9.59 Å². The summed E-state index contributed by atoms with van der Waals surface area (Å²) in [6, 6.07) is 9.49. The van der Waals surface area contributed by atoms with Gasteiger partial charge in [-0.1, -0.05) is 18.2 Å². The summed E-state index contributed by atoms with van der Waals surface area (Å²) in [6.07, 6.45) is 1.23. The van der Waals surface area contributed by atoms with Crippen LogP contribution in [0.25, 0.3) is 0 Å². The molecule has 0 spiro atoms. The molecule has 3 N–H and O–H groups in total. The van der Waals surface area contributed by atoms with E-state index in [0.29, 0.717) is 26.1 Å². The number of hydrogen-bond acceptors (Lipinski definition) is 4. The van der Waals surface area contributed by atoms with E-state index in [-0.39, 0.29) is 17.9 Å². The van der Waals surface area contributed by atoms with Gasteiger partial charge in [-0.2, -0.15) is 0 Å². The zero-order valence-corrected chi connectivity index (χ0v) is 13.7. The third kappa shape index (κ3) is 6.00. The van der Waals surface area contributed by atoms with Gasteiger partial charge in [0.05, 0.1) is 6.54 Å². The van der Waals surface area contributed by atoms with Crippen molar-refractivity contribution >= 4 is 17.5 Å². The molecule has 1 heterocycles. The maximum atomic E-state index is 12.0. The van der Waals surface area contributed by atoms with E-state index < -0.39 is 0 Å². The molecular weight excluding hydrogens is 292 g/mol. The van der Waals surface area contributed by atoms with E-state index in [9.17, 15) is 9.59 Å². The highest BCUT2D eigenvalue weighted by atomic mass is 16.2. The molecule has 2 amide bonds. The first-order chi connectivity index (χ1) is 11.0. The van der Waals surface area contributed by atoms with Gasteiger partial charge in [0.25, 0.3) is 0 Å². The van der Waals surface area contributed by atoms with Crippen molar-refractivity contribution in [3.63, 3.8) is 0 Å². The molecule has 1 atom stereocenters. The van der Waals surface area contributed by atoms with Crippen LogP contribution in [-0.4, -0.2) is 60.4 Å². The first kappa shape index (κ1) is 17.4. The predicted molar refractivity (Wildman–Crippen MR) is 91.0 cm³/mol. The van der Waals surface area contributed by atoms with Gasteiger partial charge >= 0.3 is 0 Å². The lowest BCUT2D eigenvalue weighted by molar-refractivity contribution is -0.133. The van der Waals surface area contributed by atoms with Gasteiger partial charge in [0.2, 0.25) is 11.8 Å². The summed E-state index contributed by atoms with van der Waals surface area (Å²) in [4.78, 5) is 28.0. The molecule has 0 bridgehead atoms. The number of rotatable bonds is 6. The van der Waals surface area contributed by atoms with E-state index in [4.69, 9.17) is 5.73 Å². The van der Waals surface area contributed by atoms with E-state index in [1.807, 2.05) is 42.2 Å². The Bertz CT molecular complexity index is 511. The Labute approximate surface area is 137 Å². The summed E-state index contributed by atoms with van der Waals surface area (Å²) in [7, 11) is 0. The van der Waals surface area contributed by atoms with Gasteiger partial charge in [-0.25, -0.2) is 0 Å². The van der Waals surface area contributed by atoms with Gasteiger partial charge in [0, 0.05) is 44.3 Å². The summed E-state index contributed by atoms with van der Waals surface area (Å²) in [5.41, 5.74) is 6.49. The number of para-hydroxylation sites is 1. The number of carbonyl (C=O) groups excluding carboxylic acids is 2. The largest absolute Gasteiger partial charge is 0.340 e. The van der Waals surface area contributed by atoms with Crippen LogP contribution in [0, 0.1) is 0 Å². The molecule has 1 aromatic carbocycles. The van der Waals surface area contributed by atoms with Crippen LogP contribution >= 0.6 is 0 Å². The fourth-order valence-electron chi connectivity index (χ4n) is 2.59. The quantitative estimate of drug-likeness (QED) is 0.817. The normalized spacial score (nSPS) is 16.9. The first-order valence-electron chi connectivity index (χ1n) is 8.15. The summed E-state index contributed by atoms with van der Waals surface area (Å²) >= 11 is 0. The molecule has 1 unspecified atom stereocenters. The van der Waals surface area contributed by atoms with Crippen molar-refractivity contribution in [1.29, 1.82) is 0 Å². The highest BCUT2D eigenvalue weighted by Gasteiger charge is 2.22. The number of hydrogen-bond donors (Lipinski definition) is 2. The first-order valence-corrected chi connectivity index (χ1v) is 8.15. The summed E-state index contributed by atoms with van der Waals surface area (Å²) in [6.45, 7) is 5.08. The topological polar surface area (TPSA) is 78.7 Å². The zero-order valence-electron chi connectivity index (χ0n) is 13.7. The second-order valence-electron chi connectivity index (χ2n) is 6.09. The van der Waals surface area contributed by atoms with Crippen molar-refractivity contribution in [2.45, 2.75) is 25.8 Å². The van der Waals surface area contributed by atoms with Gasteiger partial charge in [0.1, 0.15) is 0 Å². The fraction of sp³-hybridized carbons (Fsp3) is 0.529. The Morgan fingerprint density at radius 1 is 1.17 bits per heavy atom. The lowest BCUT2D eigenvalue weighted by atomic mass is 10.1. The molecule has 2 rings (SSSR count). The van der Waals surface area contributed by atoms with E-state index in [1.165, 1.54) is 0 Å².